The molecule has 0 aromatic rings. The van der Waals surface area contributed by atoms with Crippen molar-refractivity contribution in [1.29, 1.82) is 0 Å². The van der Waals surface area contributed by atoms with Gasteiger partial charge in [-0.2, -0.15) is 0 Å². The lowest BCUT2D eigenvalue weighted by atomic mass is 9.97. The summed E-state index contributed by atoms with van der Waals surface area (Å²) in [6, 6.07) is 0.568. The van der Waals surface area contributed by atoms with E-state index in [9.17, 15) is 0 Å². The van der Waals surface area contributed by atoms with E-state index in [0.29, 0.717) is 6.04 Å². The third-order valence-electron chi connectivity index (χ3n) is 3.40. The molecule has 0 aliphatic carbocycles. The van der Waals surface area contributed by atoms with Gasteiger partial charge in [-0.05, 0) is 24.8 Å². The van der Waals surface area contributed by atoms with Crippen LogP contribution in [0.4, 0.5) is 0 Å². The summed E-state index contributed by atoms with van der Waals surface area (Å²) in [5, 5.41) is 3.44. The van der Waals surface area contributed by atoms with Gasteiger partial charge in [-0.3, -0.25) is 4.90 Å². The minimum absolute atomic E-state index is 0.568. The van der Waals surface area contributed by atoms with E-state index in [4.69, 9.17) is 4.74 Å². The molecule has 1 saturated heterocycles. The molecule has 0 radical (unpaired) electrons. The third-order valence-corrected chi connectivity index (χ3v) is 3.40. The molecule has 1 rings (SSSR count). The Hall–Kier alpha value is -0.120. The maximum Gasteiger partial charge on any atom is 0.0634 e. The van der Waals surface area contributed by atoms with Crippen molar-refractivity contribution < 1.29 is 4.74 Å². The summed E-state index contributed by atoms with van der Waals surface area (Å²) in [7, 11) is 0. The molecule has 1 aliphatic rings. The number of hydrogen-bond donors (Lipinski definition) is 1. The van der Waals surface area contributed by atoms with Crippen molar-refractivity contribution in [2.75, 3.05) is 39.4 Å². The highest BCUT2D eigenvalue weighted by atomic mass is 16.5. The number of hydrogen-bond acceptors (Lipinski definition) is 3. The lowest BCUT2D eigenvalue weighted by Gasteiger charge is -2.37. The minimum Gasteiger partial charge on any atom is -0.378 e. The van der Waals surface area contributed by atoms with Gasteiger partial charge < -0.3 is 10.1 Å². The molecule has 2 atom stereocenters. The molecule has 0 saturated carbocycles. The maximum atomic E-state index is 5.59. The van der Waals surface area contributed by atoms with Crippen molar-refractivity contribution in [2.24, 2.45) is 11.8 Å². The van der Waals surface area contributed by atoms with Crippen LogP contribution < -0.4 is 5.32 Å². The molecule has 1 heterocycles. The zero-order valence-electron chi connectivity index (χ0n) is 12.0. The van der Waals surface area contributed by atoms with Gasteiger partial charge >= 0.3 is 0 Å². The third kappa shape index (κ3) is 5.84. The highest BCUT2D eigenvalue weighted by Crippen LogP contribution is 2.15. The van der Waals surface area contributed by atoms with Crippen molar-refractivity contribution in [3.63, 3.8) is 0 Å². The van der Waals surface area contributed by atoms with Crippen LogP contribution in [-0.2, 0) is 4.74 Å². The van der Waals surface area contributed by atoms with E-state index in [1.54, 1.807) is 0 Å². The summed E-state index contributed by atoms with van der Waals surface area (Å²) in [6.07, 6.45) is 1.32. The molecule has 1 N–H and O–H groups in total. The standard InChI is InChI=1S/C14H30N2O/c1-5-15-9-14-11-17-7-6-16(14)10-13(4)8-12(2)3/h12-15H,5-11H2,1-4H3. The molecule has 0 aromatic carbocycles. The Bertz CT molecular complexity index is 197. The molecular weight excluding hydrogens is 212 g/mol. The predicted molar refractivity (Wildman–Crippen MR) is 73.3 cm³/mol. The van der Waals surface area contributed by atoms with Crippen molar-refractivity contribution in [1.82, 2.24) is 10.2 Å². The van der Waals surface area contributed by atoms with E-state index < -0.39 is 0 Å². The average Bonchev–Trinajstić information content (AvgIpc) is 2.26. The molecule has 1 fully saturated rings. The summed E-state index contributed by atoms with van der Waals surface area (Å²) in [6.45, 7) is 15.4. The number of likely N-dealkylation sites (N-methyl/N-ethyl adjacent to an activating group) is 1. The van der Waals surface area contributed by atoms with Crippen LogP contribution in [0.3, 0.4) is 0 Å². The average molecular weight is 242 g/mol. The molecular formula is C14H30N2O. The monoisotopic (exact) mass is 242 g/mol. The van der Waals surface area contributed by atoms with Crippen LogP contribution in [0, 0.1) is 11.8 Å². The van der Waals surface area contributed by atoms with E-state index in [0.717, 1.165) is 44.7 Å². The lowest BCUT2D eigenvalue weighted by Crippen LogP contribution is -2.51. The van der Waals surface area contributed by atoms with Gasteiger partial charge in [0.1, 0.15) is 0 Å². The smallest absolute Gasteiger partial charge is 0.0634 e. The molecule has 0 amide bonds. The summed E-state index contributed by atoms with van der Waals surface area (Å²) in [5.74, 6) is 1.59. The quantitative estimate of drug-likeness (QED) is 0.739. The summed E-state index contributed by atoms with van der Waals surface area (Å²) < 4.78 is 5.59. The minimum atomic E-state index is 0.568. The Morgan fingerprint density at radius 2 is 2.12 bits per heavy atom. The highest BCUT2D eigenvalue weighted by molar-refractivity contribution is 4.78. The molecule has 0 spiro atoms. The maximum absolute atomic E-state index is 5.59. The van der Waals surface area contributed by atoms with E-state index in [-0.39, 0.29) is 0 Å². The second kappa shape index (κ2) is 8.06. The van der Waals surface area contributed by atoms with E-state index in [2.05, 4.69) is 37.9 Å². The number of nitrogens with one attached hydrogen (secondary N) is 1. The zero-order chi connectivity index (χ0) is 12.7. The molecule has 0 aromatic heterocycles. The largest absolute Gasteiger partial charge is 0.378 e. The second-order valence-corrected chi connectivity index (χ2v) is 5.77. The number of nitrogens with zero attached hydrogens (tertiary/aromatic N) is 1. The molecule has 3 heteroatoms. The normalized spacial score (nSPS) is 24.2. The van der Waals surface area contributed by atoms with E-state index in [1.807, 2.05) is 0 Å². The van der Waals surface area contributed by atoms with Crippen LogP contribution >= 0.6 is 0 Å². The SMILES string of the molecule is CCNCC1COCCN1CC(C)CC(C)C. The molecule has 0 bridgehead atoms. The van der Waals surface area contributed by atoms with Gasteiger partial charge in [-0.25, -0.2) is 0 Å². The van der Waals surface area contributed by atoms with Gasteiger partial charge in [0.25, 0.3) is 0 Å². The van der Waals surface area contributed by atoms with Gasteiger partial charge in [0.15, 0.2) is 0 Å². The van der Waals surface area contributed by atoms with Gasteiger partial charge in [-0.1, -0.05) is 27.7 Å². The van der Waals surface area contributed by atoms with Crippen molar-refractivity contribution >= 4 is 0 Å². The first kappa shape index (κ1) is 14.9. The van der Waals surface area contributed by atoms with Crippen LogP contribution in [0.2, 0.25) is 0 Å². The molecule has 17 heavy (non-hydrogen) atoms. The Kier molecular flexibility index (Phi) is 7.09. The Balaban J connectivity index is 2.36. The molecule has 2 unspecified atom stereocenters. The topological polar surface area (TPSA) is 24.5 Å². The van der Waals surface area contributed by atoms with Crippen LogP contribution in [0.25, 0.3) is 0 Å². The molecule has 102 valence electrons. The molecule has 1 aliphatic heterocycles. The van der Waals surface area contributed by atoms with Gasteiger partial charge in [0.2, 0.25) is 0 Å². The summed E-state index contributed by atoms with van der Waals surface area (Å²) in [5.41, 5.74) is 0. The van der Waals surface area contributed by atoms with Crippen molar-refractivity contribution in [3.8, 4) is 0 Å². The Labute approximate surface area is 107 Å². The number of ether oxygens (including phenoxy) is 1. The highest BCUT2D eigenvalue weighted by Gasteiger charge is 2.23. The van der Waals surface area contributed by atoms with E-state index in [1.165, 1.54) is 13.0 Å². The van der Waals surface area contributed by atoms with Crippen molar-refractivity contribution in [3.05, 3.63) is 0 Å². The van der Waals surface area contributed by atoms with Crippen molar-refractivity contribution in [2.45, 2.75) is 40.2 Å². The first-order valence-electron chi connectivity index (χ1n) is 7.16. The van der Waals surface area contributed by atoms with Crippen LogP contribution in [0.15, 0.2) is 0 Å². The zero-order valence-corrected chi connectivity index (χ0v) is 12.0. The fourth-order valence-corrected chi connectivity index (χ4v) is 2.71. The number of rotatable bonds is 7. The first-order valence-corrected chi connectivity index (χ1v) is 7.16. The first-order chi connectivity index (χ1) is 8.13. The van der Waals surface area contributed by atoms with Crippen LogP contribution in [0.5, 0.6) is 0 Å². The number of morpholine rings is 1. The summed E-state index contributed by atoms with van der Waals surface area (Å²) >= 11 is 0. The fraction of sp³-hybridized carbons (Fsp3) is 1.00. The lowest BCUT2D eigenvalue weighted by molar-refractivity contribution is -0.0135. The van der Waals surface area contributed by atoms with Gasteiger partial charge in [-0.15, -0.1) is 0 Å². The van der Waals surface area contributed by atoms with E-state index >= 15 is 0 Å². The van der Waals surface area contributed by atoms with Crippen LogP contribution in [0.1, 0.15) is 34.1 Å². The van der Waals surface area contributed by atoms with Gasteiger partial charge in [0.05, 0.1) is 13.2 Å². The summed E-state index contributed by atoms with van der Waals surface area (Å²) in [4.78, 5) is 2.61. The predicted octanol–water partition coefficient (Wildman–Crippen LogP) is 1.98. The second-order valence-electron chi connectivity index (χ2n) is 5.77. The Morgan fingerprint density at radius 1 is 1.35 bits per heavy atom. The molecule has 3 nitrogen and oxygen atoms in total. The Morgan fingerprint density at radius 3 is 2.76 bits per heavy atom. The fourth-order valence-electron chi connectivity index (χ4n) is 2.71. The van der Waals surface area contributed by atoms with Gasteiger partial charge in [0, 0.05) is 25.7 Å². The van der Waals surface area contributed by atoms with Crippen LogP contribution in [-0.4, -0.2) is 50.3 Å².